The lowest BCUT2D eigenvalue weighted by Gasteiger charge is -2.30. The van der Waals surface area contributed by atoms with Crippen LogP contribution in [-0.4, -0.2) is 53.1 Å². The monoisotopic (exact) mass is 375 g/mol. The minimum atomic E-state index is -3.18. The zero-order valence-corrected chi connectivity index (χ0v) is 15.3. The summed E-state index contributed by atoms with van der Waals surface area (Å²) in [6.45, 7) is 1.06. The highest BCUT2D eigenvalue weighted by Gasteiger charge is 2.26. The number of sulfonamides is 1. The van der Waals surface area contributed by atoms with Crippen molar-refractivity contribution in [3.05, 3.63) is 47.9 Å². The van der Waals surface area contributed by atoms with Gasteiger partial charge in [-0.3, -0.25) is 0 Å². The van der Waals surface area contributed by atoms with Crippen molar-refractivity contribution in [2.75, 3.05) is 19.3 Å². The van der Waals surface area contributed by atoms with Crippen molar-refractivity contribution in [2.45, 2.75) is 19.3 Å². The van der Waals surface area contributed by atoms with Gasteiger partial charge in [-0.2, -0.15) is 0 Å². The number of hydrogen-bond donors (Lipinski definition) is 1. The molecule has 138 valence electrons. The molecular weight excluding hydrogens is 354 g/mol. The number of rotatable bonds is 5. The molecule has 1 aromatic heterocycles. The van der Waals surface area contributed by atoms with Crippen LogP contribution in [-0.2, 0) is 16.4 Å². The first kappa shape index (κ1) is 18.5. The molecule has 1 aliphatic rings. The van der Waals surface area contributed by atoms with E-state index in [0.29, 0.717) is 30.8 Å². The molecule has 0 amide bonds. The molecule has 0 spiro atoms. The van der Waals surface area contributed by atoms with E-state index in [1.807, 2.05) is 0 Å². The predicted molar refractivity (Wildman–Crippen MR) is 97.3 cm³/mol. The van der Waals surface area contributed by atoms with Crippen molar-refractivity contribution < 1.29 is 18.3 Å². The Hall–Kier alpha value is -2.32. The molecule has 1 aromatic carbocycles. The molecule has 1 fully saturated rings. The van der Waals surface area contributed by atoms with Gasteiger partial charge in [-0.1, -0.05) is 18.2 Å². The van der Waals surface area contributed by atoms with E-state index >= 15 is 0 Å². The summed E-state index contributed by atoms with van der Waals surface area (Å²) in [7, 11) is -3.18. The van der Waals surface area contributed by atoms with Crippen LogP contribution in [0.2, 0.25) is 0 Å². The number of benzene rings is 1. The highest BCUT2D eigenvalue weighted by Crippen LogP contribution is 2.25. The van der Waals surface area contributed by atoms with E-state index in [9.17, 15) is 18.3 Å². The van der Waals surface area contributed by atoms with Crippen LogP contribution >= 0.6 is 0 Å². The Morgan fingerprint density at radius 2 is 2.08 bits per heavy atom. The van der Waals surface area contributed by atoms with Gasteiger partial charge >= 0.3 is 5.97 Å². The summed E-state index contributed by atoms with van der Waals surface area (Å²) >= 11 is 0. The Bertz CT molecular complexity index is 914. The topological polar surface area (TPSA) is 100 Å². The van der Waals surface area contributed by atoms with Gasteiger partial charge < -0.3 is 5.11 Å². The van der Waals surface area contributed by atoms with Gasteiger partial charge in [-0.05, 0) is 37.3 Å². The lowest BCUT2D eigenvalue weighted by atomic mass is 9.94. The number of nitrogens with zero attached hydrogens (tertiary/aromatic N) is 3. The van der Waals surface area contributed by atoms with Gasteiger partial charge in [0, 0.05) is 24.3 Å². The zero-order valence-electron chi connectivity index (χ0n) is 14.5. The summed E-state index contributed by atoms with van der Waals surface area (Å²) in [4.78, 5) is 19.9. The fourth-order valence-corrected chi connectivity index (χ4v) is 4.28. The molecule has 0 aliphatic carbocycles. The number of carboxylic acid groups (broad SMARTS) is 1. The van der Waals surface area contributed by atoms with Gasteiger partial charge in [0.2, 0.25) is 10.0 Å². The molecular formula is C18H21N3O4S. The molecule has 2 aromatic rings. The van der Waals surface area contributed by atoms with Crippen molar-refractivity contribution in [3.63, 3.8) is 0 Å². The second-order valence-electron chi connectivity index (χ2n) is 6.58. The Balaban J connectivity index is 1.81. The number of carboxylic acids is 1. The smallest absolute Gasteiger partial charge is 0.336 e. The first-order valence-corrected chi connectivity index (χ1v) is 10.3. The molecule has 1 saturated heterocycles. The second kappa shape index (κ2) is 7.51. The molecule has 1 atom stereocenters. The van der Waals surface area contributed by atoms with Crippen molar-refractivity contribution in [1.82, 2.24) is 14.3 Å². The summed E-state index contributed by atoms with van der Waals surface area (Å²) in [5, 5.41) is 9.36. The van der Waals surface area contributed by atoms with Crippen molar-refractivity contribution in [2.24, 2.45) is 5.92 Å². The molecule has 0 radical (unpaired) electrons. The van der Waals surface area contributed by atoms with Gasteiger partial charge in [-0.25, -0.2) is 27.5 Å². The van der Waals surface area contributed by atoms with Gasteiger partial charge in [-0.15, -0.1) is 0 Å². The third-order valence-corrected chi connectivity index (χ3v) is 5.88. The maximum Gasteiger partial charge on any atom is 0.336 e. The molecule has 8 heteroatoms. The lowest BCUT2D eigenvalue weighted by Crippen LogP contribution is -2.39. The molecule has 1 N–H and O–H groups in total. The third-order valence-electron chi connectivity index (χ3n) is 4.61. The Kier molecular flexibility index (Phi) is 5.33. The highest BCUT2D eigenvalue weighted by molar-refractivity contribution is 7.88. The van der Waals surface area contributed by atoms with Crippen LogP contribution in [0.15, 0.2) is 36.7 Å². The molecule has 0 saturated carbocycles. The minimum Gasteiger partial charge on any atom is -0.478 e. The zero-order chi connectivity index (χ0) is 18.7. The molecule has 7 nitrogen and oxygen atoms in total. The standard InChI is InChI=1S/C18H21N3O4S/c1-26(24,25)21-8-4-5-13(11-21)9-14-10-17(20-12-19-14)15-6-2-3-7-16(15)18(22)23/h2-3,6-7,10,12-13H,4-5,8-9,11H2,1H3,(H,22,23)/t13-/m0/s1. The van der Waals surface area contributed by atoms with Gasteiger partial charge in [0.05, 0.1) is 17.5 Å². The SMILES string of the molecule is CS(=O)(=O)N1CCC[C@@H](Cc2cc(-c3ccccc3C(=O)O)ncn2)C1. The Morgan fingerprint density at radius 1 is 1.31 bits per heavy atom. The minimum absolute atomic E-state index is 0.191. The molecule has 2 heterocycles. The average Bonchev–Trinajstić information content (AvgIpc) is 2.61. The fourth-order valence-electron chi connectivity index (χ4n) is 3.34. The second-order valence-corrected chi connectivity index (χ2v) is 8.56. The number of hydrogen-bond acceptors (Lipinski definition) is 5. The van der Waals surface area contributed by atoms with E-state index in [0.717, 1.165) is 18.5 Å². The maximum atomic E-state index is 11.8. The summed E-state index contributed by atoms with van der Waals surface area (Å²) in [6.07, 6.45) is 5.08. The van der Waals surface area contributed by atoms with Crippen LogP contribution in [0, 0.1) is 5.92 Å². The number of aromatic nitrogens is 2. The Labute approximate surface area is 152 Å². The predicted octanol–water partition coefficient (Wildman–Crippen LogP) is 2.06. The van der Waals surface area contributed by atoms with Crippen molar-refractivity contribution in [1.29, 1.82) is 0 Å². The van der Waals surface area contributed by atoms with Crippen LogP contribution in [0.25, 0.3) is 11.3 Å². The maximum absolute atomic E-state index is 11.8. The molecule has 0 unspecified atom stereocenters. The largest absolute Gasteiger partial charge is 0.478 e. The van der Waals surface area contributed by atoms with Crippen molar-refractivity contribution in [3.8, 4) is 11.3 Å². The van der Waals surface area contributed by atoms with E-state index in [4.69, 9.17) is 0 Å². The number of carbonyl (C=O) groups is 1. The first-order valence-electron chi connectivity index (χ1n) is 8.43. The quantitative estimate of drug-likeness (QED) is 0.858. The summed E-state index contributed by atoms with van der Waals surface area (Å²) < 4.78 is 25.1. The highest BCUT2D eigenvalue weighted by atomic mass is 32.2. The van der Waals surface area contributed by atoms with E-state index < -0.39 is 16.0 Å². The Morgan fingerprint density at radius 3 is 2.81 bits per heavy atom. The normalized spacial score (nSPS) is 18.6. The summed E-state index contributed by atoms with van der Waals surface area (Å²) in [5.74, 6) is -0.812. The third kappa shape index (κ3) is 4.25. The molecule has 1 aliphatic heterocycles. The van der Waals surface area contributed by atoms with Crippen molar-refractivity contribution >= 4 is 16.0 Å². The van der Waals surface area contributed by atoms with Crippen LogP contribution in [0.1, 0.15) is 28.9 Å². The van der Waals surface area contributed by atoms with Gasteiger partial charge in [0.1, 0.15) is 6.33 Å². The lowest BCUT2D eigenvalue weighted by molar-refractivity contribution is 0.0697. The van der Waals surface area contributed by atoms with E-state index in [-0.39, 0.29) is 11.5 Å². The summed E-state index contributed by atoms with van der Waals surface area (Å²) in [6, 6.07) is 8.51. The average molecular weight is 375 g/mol. The van der Waals surface area contributed by atoms with Gasteiger partial charge in [0.25, 0.3) is 0 Å². The molecule has 0 bridgehead atoms. The summed E-state index contributed by atoms with van der Waals surface area (Å²) in [5.41, 5.74) is 2.09. The molecule has 26 heavy (non-hydrogen) atoms. The number of piperidine rings is 1. The van der Waals surface area contributed by atoms with E-state index in [2.05, 4.69) is 9.97 Å². The molecule has 3 rings (SSSR count). The van der Waals surface area contributed by atoms with Crippen LogP contribution in [0.4, 0.5) is 0 Å². The van der Waals surface area contributed by atoms with Crippen LogP contribution in [0.3, 0.4) is 0 Å². The van der Waals surface area contributed by atoms with E-state index in [1.54, 1.807) is 30.3 Å². The first-order chi connectivity index (χ1) is 12.3. The van der Waals surface area contributed by atoms with Crippen LogP contribution in [0.5, 0.6) is 0 Å². The number of aromatic carboxylic acids is 1. The van der Waals surface area contributed by atoms with E-state index in [1.165, 1.54) is 16.9 Å². The fraction of sp³-hybridized carbons (Fsp3) is 0.389. The van der Waals surface area contributed by atoms with Gasteiger partial charge in [0.15, 0.2) is 0 Å². The van der Waals surface area contributed by atoms with Crippen LogP contribution < -0.4 is 0 Å².